The monoisotopic (exact) mass is 433 g/mol. The number of carbonyl (C=O) groups is 1. The Balaban J connectivity index is 1.80. The first-order valence-electron chi connectivity index (χ1n) is 9.99. The Hall–Kier alpha value is -1.89. The van der Waals surface area contributed by atoms with Crippen LogP contribution in [0, 0.1) is 11.8 Å². The van der Waals surface area contributed by atoms with E-state index in [1.165, 1.54) is 10.4 Å². The third-order valence-corrected chi connectivity index (χ3v) is 8.43. The molecule has 154 valence electrons. The second kappa shape index (κ2) is 8.09. The predicted molar refractivity (Wildman–Crippen MR) is 112 cm³/mol. The van der Waals surface area contributed by atoms with Gasteiger partial charge < -0.3 is 5.11 Å². The third kappa shape index (κ3) is 3.81. The first-order valence-corrected chi connectivity index (χ1v) is 11.8. The Bertz CT molecular complexity index is 1010. The van der Waals surface area contributed by atoms with Crippen LogP contribution in [-0.4, -0.2) is 36.4 Å². The lowest BCUT2D eigenvalue weighted by Crippen LogP contribution is -2.56. The minimum absolute atomic E-state index is 0.0664. The Morgan fingerprint density at radius 2 is 1.76 bits per heavy atom. The van der Waals surface area contributed by atoms with Crippen LogP contribution in [0.2, 0.25) is 5.02 Å². The maximum atomic E-state index is 13.7. The highest BCUT2D eigenvalue weighted by Crippen LogP contribution is 2.43. The number of rotatable bonds is 4. The molecule has 0 amide bonds. The van der Waals surface area contributed by atoms with Gasteiger partial charge in [-0.2, -0.15) is 4.31 Å². The van der Waals surface area contributed by atoms with Crippen molar-refractivity contribution in [3.05, 3.63) is 53.6 Å². The normalized spacial score (nSPS) is 25.3. The van der Waals surface area contributed by atoms with Gasteiger partial charge in [-0.1, -0.05) is 67.3 Å². The summed E-state index contributed by atoms with van der Waals surface area (Å²) in [6.07, 6.45) is 4.48. The second-order valence-corrected chi connectivity index (χ2v) is 10.2. The summed E-state index contributed by atoms with van der Waals surface area (Å²) in [6.45, 7) is 0.223. The van der Waals surface area contributed by atoms with E-state index in [2.05, 4.69) is 0 Å². The molecule has 2 aromatic carbocycles. The fourth-order valence-corrected chi connectivity index (χ4v) is 7.04. The standard InChI is InChI=1S/C22H24ClNO4S/c23-17-10-11-18(15-6-2-1-3-7-15)20(14-17)29(27,28)24-13-12-16-8-4-5-9-19(16)21(24)22(25)26/h1-3,6-7,10-11,14,16,19,21H,4-5,8-9,12-13H2,(H,25,26). The maximum Gasteiger partial charge on any atom is 0.322 e. The van der Waals surface area contributed by atoms with Crippen molar-refractivity contribution in [2.24, 2.45) is 11.8 Å². The minimum atomic E-state index is -4.04. The molecular formula is C22H24ClNO4S. The van der Waals surface area contributed by atoms with E-state index < -0.39 is 22.0 Å². The lowest BCUT2D eigenvalue weighted by molar-refractivity contribution is -0.146. The smallest absolute Gasteiger partial charge is 0.322 e. The van der Waals surface area contributed by atoms with E-state index in [9.17, 15) is 18.3 Å². The van der Waals surface area contributed by atoms with Crippen molar-refractivity contribution in [1.29, 1.82) is 0 Å². The molecule has 0 radical (unpaired) electrons. The molecule has 0 spiro atoms. The summed E-state index contributed by atoms with van der Waals surface area (Å²) < 4.78 is 28.7. The van der Waals surface area contributed by atoms with Gasteiger partial charge in [0.1, 0.15) is 6.04 Å². The topological polar surface area (TPSA) is 74.7 Å². The van der Waals surface area contributed by atoms with Crippen LogP contribution in [-0.2, 0) is 14.8 Å². The molecule has 1 aliphatic carbocycles. The van der Waals surface area contributed by atoms with Gasteiger partial charge in [0, 0.05) is 17.1 Å². The van der Waals surface area contributed by atoms with Gasteiger partial charge in [0.05, 0.1) is 4.90 Å². The highest BCUT2D eigenvalue weighted by molar-refractivity contribution is 7.89. The minimum Gasteiger partial charge on any atom is -0.480 e. The first-order chi connectivity index (χ1) is 13.9. The van der Waals surface area contributed by atoms with Crippen LogP contribution in [0.15, 0.2) is 53.4 Å². The molecule has 2 fully saturated rings. The van der Waals surface area contributed by atoms with E-state index in [0.29, 0.717) is 17.0 Å². The number of carboxylic acids is 1. The van der Waals surface area contributed by atoms with Gasteiger partial charge in [-0.25, -0.2) is 8.42 Å². The zero-order chi connectivity index (χ0) is 20.6. The summed E-state index contributed by atoms with van der Waals surface area (Å²) in [5.74, 6) is -0.915. The Labute approximate surface area is 176 Å². The van der Waals surface area contributed by atoms with E-state index in [0.717, 1.165) is 31.2 Å². The molecule has 5 nitrogen and oxygen atoms in total. The molecule has 2 aromatic rings. The van der Waals surface area contributed by atoms with Crippen molar-refractivity contribution in [2.75, 3.05) is 6.54 Å². The fraction of sp³-hybridized carbons (Fsp3) is 0.409. The summed E-state index contributed by atoms with van der Waals surface area (Å²) >= 11 is 6.16. The molecular weight excluding hydrogens is 410 g/mol. The van der Waals surface area contributed by atoms with Crippen molar-refractivity contribution in [2.45, 2.75) is 43.0 Å². The van der Waals surface area contributed by atoms with Crippen molar-refractivity contribution in [3.8, 4) is 11.1 Å². The van der Waals surface area contributed by atoms with Gasteiger partial charge in [0.15, 0.2) is 0 Å². The predicted octanol–water partition coefficient (Wildman–Crippen LogP) is 4.66. The summed E-state index contributed by atoms with van der Waals surface area (Å²) in [6, 6.07) is 13.0. The lowest BCUT2D eigenvalue weighted by Gasteiger charge is -2.45. The molecule has 1 heterocycles. The SMILES string of the molecule is O=C(O)C1C2CCCCC2CCN1S(=O)(=O)c1cc(Cl)ccc1-c1ccccc1. The number of hydrogen-bond donors (Lipinski definition) is 1. The zero-order valence-corrected chi connectivity index (χ0v) is 17.6. The van der Waals surface area contributed by atoms with Crippen LogP contribution in [0.5, 0.6) is 0 Å². The van der Waals surface area contributed by atoms with Crippen molar-refractivity contribution in [3.63, 3.8) is 0 Å². The van der Waals surface area contributed by atoms with Crippen LogP contribution in [0.3, 0.4) is 0 Å². The van der Waals surface area contributed by atoms with Gasteiger partial charge in [0.25, 0.3) is 0 Å². The zero-order valence-electron chi connectivity index (χ0n) is 16.0. The highest BCUT2D eigenvalue weighted by Gasteiger charge is 2.48. The molecule has 29 heavy (non-hydrogen) atoms. The quantitative estimate of drug-likeness (QED) is 0.760. The fourth-order valence-electron chi connectivity index (χ4n) is 4.92. The molecule has 3 atom stereocenters. The molecule has 0 bridgehead atoms. The van der Waals surface area contributed by atoms with Crippen LogP contribution < -0.4 is 0 Å². The Morgan fingerprint density at radius 3 is 2.48 bits per heavy atom. The van der Waals surface area contributed by atoms with E-state index in [4.69, 9.17) is 11.6 Å². The van der Waals surface area contributed by atoms with Crippen LogP contribution >= 0.6 is 11.6 Å². The van der Waals surface area contributed by atoms with Crippen LogP contribution in [0.1, 0.15) is 32.1 Å². The second-order valence-electron chi connectivity index (χ2n) is 7.90. The van der Waals surface area contributed by atoms with E-state index in [1.54, 1.807) is 12.1 Å². The van der Waals surface area contributed by atoms with Crippen molar-refractivity contribution in [1.82, 2.24) is 4.31 Å². The molecule has 1 saturated carbocycles. The van der Waals surface area contributed by atoms with Gasteiger partial charge in [0.2, 0.25) is 10.0 Å². The van der Waals surface area contributed by atoms with E-state index >= 15 is 0 Å². The number of fused-ring (bicyclic) bond motifs is 1. The number of hydrogen-bond acceptors (Lipinski definition) is 3. The summed E-state index contributed by atoms with van der Waals surface area (Å²) in [5, 5.41) is 10.3. The third-order valence-electron chi connectivity index (χ3n) is 6.27. The Kier molecular flexibility index (Phi) is 5.69. The number of nitrogens with zero attached hydrogens (tertiary/aromatic N) is 1. The van der Waals surface area contributed by atoms with Gasteiger partial charge in [-0.15, -0.1) is 0 Å². The maximum absolute atomic E-state index is 13.7. The average Bonchev–Trinajstić information content (AvgIpc) is 2.73. The average molecular weight is 434 g/mol. The van der Waals surface area contributed by atoms with Gasteiger partial charge in [-0.05, 0) is 42.4 Å². The highest BCUT2D eigenvalue weighted by atomic mass is 35.5. The number of aliphatic carboxylic acids is 1. The number of piperidine rings is 1. The summed E-state index contributed by atoms with van der Waals surface area (Å²) in [4.78, 5) is 12.3. The molecule has 2 aliphatic rings. The molecule has 1 N–H and O–H groups in total. The number of halogens is 1. The molecule has 1 aliphatic heterocycles. The largest absolute Gasteiger partial charge is 0.480 e. The van der Waals surface area contributed by atoms with E-state index in [-0.39, 0.29) is 23.3 Å². The lowest BCUT2D eigenvalue weighted by atomic mass is 9.71. The molecule has 1 saturated heterocycles. The Morgan fingerprint density at radius 1 is 1.03 bits per heavy atom. The molecule has 4 rings (SSSR count). The van der Waals surface area contributed by atoms with Crippen LogP contribution in [0.4, 0.5) is 0 Å². The molecule has 3 unspecified atom stereocenters. The number of carboxylic acid groups (broad SMARTS) is 1. The van der Waals surface area contributed by atoms with Gasteiger partial charge in [-0.3, -0.25) is 4.79 Å². The molecule has 7 heteroatoms. The summed E-state index contributed by atoms with van der Waals surface area (Å²) in [5.41, 5.74) is 1.28. The summed E-state index contributed by atoms with van der Waals surface area (Å²) in [7, 11) is -4.04. The first kappa shape index (κ1) is 20.4. The number of benzene rings is 2. The van der Waals surface area contributed by atoms with Crippen molar-refractivity contribution >= 4 is 27.6 Å². The molecule has 0 aromatic heterocycles. The van der Waals surface area contributed by atoms with E-state index in [1.807, 2.05) is 30.3 Å². The van der Waals surface area contributed by atoms with Gasteiger partial charge >= 0.3 is 5.97 Å². The van der Waals surface area contributed by atoms with Crippen molar-refractivity contribution < 1.29 is 18.3 Å². The number of sulfonamides is 1. The van der Waals surface area contributed by atoms with Crippen LogP contribution in [0.25, 0.3) is 11.1 Å².